The van der Waals surface area contributed by atoms with Crippen molar-refractivity contribution in [1.29, 1.82) is 0 Å². The summed E-state index contributed by atoms with van der Waals surface area (Å²) in [6, 6.07) is 0.634. The van der Waals surface area contributed by atoms with Crippen LogP contribution in [0.25, 0.3) is 0 Å². The molecule has 3 nitrogen and oxygen atoms in total. The fourth-order valence-electron chi connectivity index (χ4n) is 2.89. The minimum absolute atomic E-state index is 0.423. The van der Waals surface area contributed by atoms with E-state index in [1.54, 1.807) is 0 Å². The lowest BCUT2D eigenvalue weighted by atomic mass is 10.1. The minimum atomic E-state index is 0.423. The zero-order valence-corrected chi connectivity index (χ0v) is 9.98. The van der Waals surface area contributed by atoms with Gasteiger partial charge >= 0.3 is 0 Å². The zero-order valence-electron chi connectivity index (χ0n) is 9.98. The van der Waals surface area contributed by atoms with E-state index < -0.39 is 0 Å². The molecule has 0 aromatic carbocycles. The fourth-order valence-corrected chi connectivity index (χ4v) is 2.89. The van der Waals surface area contributed by atoms with Crippen molar-refractivity contribution in [3.05, 3.63) is 17.7 Å². The molecule has 0 spiro atoms. The zero-order chi connectivity index (χ0) is 11.0. The molecule has 3 heteroatoms. The van der Waals surface area contributed by atoms with Crippen molar-refractivity contribution in [2.75, 3.05) is 6.61 Å². The molecule has 1 saturated heterocycles. The second-order valence-corrected chi connectivity index (χ2v) is 5.14. The molecule has 2 unspecified atom stereocenters. The lowest BCUT2D eigenvalue weighted by Crippen LogP contribution is -2.14. The van der Waals surface area contributed by atoms with Crippen LogP contribution < -0.4 is 0 Å². The molecule has 88 valence electrons. The smallest absolute Gasteiger partial charge is 0.109 e. The Kier molecular flexibility index (Phi) is 2.72. The van der Waals surface area contributed by atoms with Gasteiger partial charge in [0.25, 0.3) is 0 Å². The van der Waals surface area contributed by atoms with Gasteiger partial charge in [-0.3, -0.25) is 0 Å². The van der Waals surface area contributed by atoms with Crippen molar-refractivity contribution < 1.29 is 4.74 Å². The molecule has 1 fully saturated rings. The predicted octanol–water partition coefficient (Wildman–Crippen LogP) is 2.50. The SMILES string of the molecule is CC1CCCc2nc(CC3CCCO3)cn21. The molecular formula is C13H20N2O. The third-order valence-corrected chi connectivity index (χ3v) is 3.82. The standard InChI is InChI=1S/C13H20N2O/c1-10-4-2-6-13-14-11(9-15(10)13)8-12-5-3-7-16-12/h9-10,12H,2-8H2,1H3. The van der Waals surface area contributed by atoms with Crippen LogP contribution in [0.3, 0.4) is 0 Å². The van der Waals surface area contributed by atoms with E-state index in [-0.39, 0.29) is 0 Å². The maximum absolute atomic E-state index is 5.67. The van der Waals surface area contributed by atoms with Crippen LogP contribution in [0, 0.1) is 0 Å². The van der Waals surface area contributed by atoms with Crippen LogP contribution in [-0.4, -0.2) is 22.3 Å². The summed E-state index contributed by atoms with van der Waals surface area (Å²) in [5.41, 5.74) is 1.23. The first-order valence-electron chi connectivity index (χ1n) is 6.51. The van der Waals surface area contributed by atoms with Crippen LogP contribution in [-0.2, 0) is 17.6 Å². The molecule has 0 radical (unpaired) electrons. The maximum atomic E-state index is 5.67. The Morgan fingerprint density at radius 3 is 3.12 bits per heavy atom. The second kappa shape index (κ2) is 4.21. The Balaban J connectivity index is 1.75. The summed E-state index contributed by atoms with van der Waals surface area (Å²) < 4.78 is 8.04. The highest BCUT2D eigenvalue weighted by Gasteiger charge is 2.21. The van der Waals surface area contributed by atoms with Crippen LogP contribution >= 0.6 is 0 Å². The van der Waals surface area contributed by atoms with E-state index in [0.29, 0.717) is 12.1 Å². The van der Waals surface area contributed by atoms with E-state index in [4.69, 9.17) is 9.72 Å². The van der Waals surface area contributed by atoms with Gasteiger partial charge in [-0.05, 0) is 32.6 Å². The summed E-state index contributed by atoms with van der Waals surface area (Å²) in [5, 5.41) is 0. The lowest BCUT2D eigenvalue weighted by molar-refractivity contribution is 0.110. The molecule has 0 N–H and O–H groups in total. The first-order chi connectivity index (χ1) is 7.83. The third-order valence-electron chi connectivity index (χ3n) is 3.82. The van der Waals surface area contributed by atoms with Crippen LogP contribution in [0.2, 0.25) is 0 Å². The number of rotatable bonds is 2. The normalized spacial score (nSPS) is 29.3. The molecule has 0 aliphatic carbocycles. The lowest BCUT2D eigenvalue weighted by Gasteiger charge is -2.20. The van der Waals surface area contributed by atoms with E-state index in [1.165, 1.54) is 37.2 Å². The number of aromatic nitrogens is 2. The molecule has 3 heterocycles. The topological polar surface area (TPSA) is 27.1 Å². The van der Waals surface area contributed by atoms with Crippen molar-refractivity contribution in [3.8, 4) is 0 Å². The van der Waals surface area contributed by atoms with Gasteiger partial charge in [-0.1, -0.05) is 0 Å². The van der Waals surface area contributed by atoms with E-state index in [2.05, 4.69) is 17.7 Å². The van der Waals surface area contributed by atoms with Gasteiger partial charge in [0.2, 0.25) is 0 Å². The van der Waals surface area contributed by atoms with Crippen molar-refractivity contribution in [2.24, 2.45) is 0 Å². The van der Waals surface area contributed by atoms with Gasteiger partial charge in [0.1, 0.15) is 5.82 Å². The van der Waals surface area contributed by atoms with Crippen LogP contribution in [0.4, 0.5) is 0 Å². The largest absolute Gasteiger partial charge is 0.378 e. The first kappa shape index (κ1) is 10.3. The fraction of sp³-hybridized carbons (Fsp3) is 0.769. The summed E-state index contributed by atoms with van der Waals surface area (Å²) in [6.45, 7) is 3.23. The first-order valence-corrected chi connectivity index (χ1v) is 6.51. The molecule has 0 saturated carbocycles. The van der Waals surface area contributed by atoms with Gasteiger partial charge in [0.05, 0.1) is 11.8 Å². The molecule has 2 aliphatic rings. The maximum Gasteiger partial charge on any atom is 0.109 e. The average Bonchev–Trinajstić information content (AvgIpc) is 2.88. The van der Waals surface area contributed by atoms with Gasteiger partial charge in [-0.2, -0.15) is 0 Å². The molecule has 2 atom stereocenters. The van der Waals surface area contributed by atoms with Crippen LogP contribution in [0.15, 0.2) is 6.20 Å². The highest BCUT2D eigenvalue weighted by molar-refractivity contribution is 5.09. The molecule has 1 aromatic heterocycles. The minimum Gasteiger partial charge on any atom is -0.378 e. The highest BCUT2D eigenvalue weighted by atomic mass is 16.5. The molecule has 0 amide bonds. The van der Waals surface area contributed by atoms with Crippen molar-refractivity contribution in [3.63, 3.8) is 0 Å². The molecule has 3 rings (SSSR count). The van der Waals surface area contributed by atoms with Gasteiger partial charge in [-0.25, -0.2) is 4.98 Å². The van der Waals surface area contributed by atoms with Gasteiger partial charge in [0.15, 0.2) is 0 Å². The summed E-state index contributed by atoms with van der Waals surface area (Å²) >= 11 is 0. The van der Waals surface area contributed by atoms with Crippen LogP contribution in [0.1, 0.15) is 50.2 Å². The monoisotopic (exact) mass is 220 g/mol. The number of hydrogen-bond acceptors (Lipinski definition) is 2. The quantitative estimate of drug-likeness (QED) is 0.765. The van der Waals surface area contributed by atoms with E-state index in [0.717, 1.165) is 19.4 Å². The number of aryl methyl sites for hydroxylation is 1. The molecular weight excluding hydrogens is 200 g/mol. The summed E-state index contributed by atoms with van der Waals surface area (Å²) in [4.78, 5) is 4.75. The predicted molar refractivity (Wildman–Crippen MR) is 62.6 cm³/mol. The Labute approximate surface area is 96.8 Å². The second-order valence-electron chi connectivity index (χ2n) is 5.14. The summed E-state index contributed by atoms with van der Waals surface area (Å²) in [6.07, 6.45) is 9.84. The van der Waals surface area contributed by atoms with Crippen molar-refractivity contribution in [2.45, 2.75) is 57.6 Å². The van der Waals surface area contributed by atoms with Gasteiger partial charge < -0.3 is 9.30 Å². The van der Waals surface area contributed by atoms with Crippen molar-refractivity contribution in [1.82, 2.24) is 9.55 Å². The Hall–Kier alpha value is -0.830. The number of fused-ring (bicyclic) bond motifs is 1. The molecule has 0 bridgehead atoms. The number of nitrogens with zero attached hydrogens (tertiary/aromatic N) is 2. The van der Waals surface area contributed by atoms with Crippen LogP contribution in [0.5, 0.6) is 0 Å². The van der Waals surface area contributed by atoms with Gasteiger partial charge in [0, 0.05) is 31.7 Å². The Morgan fingerprint density at radius 1 is 1.44 bits per heavy atom. The molecule has 16 heavy (non-hydrogen) atoms. The average molecular weight is 220 g/mol. The number of ether oxygens (including phenoxy) is 1. The molecule has 1 aromatic rings. The van der Waals surface area contributed by atoms with E-state index in [1.807, 2.05) is 0 Å². The number of hydrogen-bond donors (Lipinski definition) is 0. The Morgan fingerprint density at radius 2 is 2.38 bits per heavy atom. The highest BCUT2D eigenvalue weighted by Crippen LogP contribution is 2.25. The summed E-state index contributed by atoms with van der Waals surface area (Å²) in [5.74, 6) is 1.28. The van der Waals surface area contributed by atoms with Gasteiger partial charge in [-0.15, -0.1) is 0 Å². The van der Waals surface area contributed by atoms with Crippen molar-refractivity contribution >= 4 is 0 Å². The third kappa shape index (κ3) is 1.88. The Bertz CT molecular complexity index is 366. The molecule has 2 aliphatic heterocycles. The summed E-state index contributed by atoms with van der Waals surface area (Å²) in [7, 11) is 0. The number of imidazole rings is 1. The van der Waals surface area contributed by atoms with E-state index in [9.17, 15) is 0 Å². The van der Waals surface area contributed by atoms with E-state index >= 15 is 0 Å².